The fourth-order valence-corrected chi connectivity index (χ4v) is 1.96. The summed E-state index contributed by atoms with van der Waals surface area (Å²) in [5, 5.41) is 11.8. The Morgan fingerprint density at radius 1 is 1.35 bits per heavy atom. The summed E-state index contributed by atoms with van der Waals surface area (Å²) in [5.74, 6) is 0.0452. The number of anilines is 1. The maximum absolute atomic E-state index is 12.0. The summed E-state index contributed by atoms with van der Waals surface area (Å²) < 4.78 is 0. The van der Waals surface area contributed by atoms with Gasteiger partial charge in [-0.3, -0.25) is 4.79 Å². The zero-order valence-corrected chi connectivity index (χ0v) is 9.52. The zero-order valence-electron chi connectivity index (χ0n) is 9.52. The lowest BCUT2D eigenvalue weighted by atomic mass is 9.93. The molecular formula is C14H14N2O. The van der Waals surface area contributed by atoms with Gasteiger partial charge in [0, 0.05) is 5.92 Å². The number of allylic oxidation sites excluding steroid dienone is 2. The largest absolute Gasteiger partial charge is 0.325 e. The van der Waals surface area contributed by atoms with Gasteiger partial charge in [-0.1, -0.05) is 24.3 Å². The van der Waals surface area contributed by atoms with Crippen molar-refractivity contribution >= 4 is 11.6 Å². The third kappa shape index (κ3) is 2.73. The Morgan fingerprint density at radius 3 is 2.88 bits per heavy atom. The number of benzene rings is 1. The van der Waals surface area contributed by atoms with Crippen LogP contribution in [0.15, 0.2) is 36.4 Å². The van der Waals surface area contributed by atoms with Crippen molar-refractivity contribution in [3.8, 4) is 6.07 Å². The fraction of sp³-hybridized carbons (Fsp3) is 0.286. The number of para-hydroxylation sites is 1. The predicted octanol–water partition coefficient (Wildman–Crippen LogP) is 2.85. The molecule has 1 atom stereocenters. The molecule has 1 N–H and O–H groups in total. The molecule has 1 amide bonds. The molecule has 3 nitrogen and oxygen atoms in total. The topological polar surface area (TPSA) is 52.9 Å². The average Bonchev–Trinajstić information content (AvgIpc) is 2.40. The lowest BCUT2D eigenvalue weighted by Crippen LogP contribution is -2.23. The predicted molar refractivity (Wildman–Crippen MR) is 66.3 cm³/mol. The third-order valence-electron chi connectivity index (χ3n) is 2.95. The number of amides is 1. The second-order valence-electron chi connectivity index (χ2n) is 4.13. The van der Waals surface area contributed by atoms with Crippen molar-refractivity contribution in [2.45, 2.75) is 19.3 Å². The minimum absolute atomic E-state index is 0.0112. The van der Waals surface area contributed by atoms with E-state index in [4.69, 9.17) is 5.26 Å². The van der Waals surface area contributed by atoms with Gasteiger partial charge in [-0.15, -0.1) is 0 Å². The summed E-state index contributed by atoms with van der Waals surface area (Å²) in [5.41, 5.74) is 1.11. The van der Waals surface area contributed by atoms with E-state index in [9.17, 15) is 4.79 Å². The highest BCUT2D eigenvalue weighted by atomic mass is 16.1. The Bertz CT molecular complexity index is 485. The Balaban J connectivity index is 2.08. The van der Waals surface area contributed by atoms with Crippen LogP contribution in [0, 0.1) is 17.2 Å². The van der Waals surface area contributed by atoms with Crippen LogP contribution in [-0.2, 0) is 4.79 Å². The van der Waals surface area contributed by atoms with E-state index in [1.807, 2.05) is 12.1 Å². The molecule has 0 spiro atoms. The molecule has 0 saturated carbocycles. The van der Waals surface area contributed by atoms with Gasteiger partial charge in [0.1, 0.15) is 6.07 Å². The van der Waals surface area contributed by atoms with E-state index in [0.29, 0.717) is 11.3 Å². The number of nitrogens with one attached hydrogen (secondary N) is 1. The number of carbonyl (C=O) groups excluding carboxylic acids is 1. The molecule has 0 radical (unpaired) electrons. The normalized spacial score (nSPS) is 18.4. The maximum atomic E-state index is 12.0. The van der Waals surface area contributed by atoms with Crippen molar-refractivity contribution in [1.82, 2.24) is 0 Å². The summed E-state index contributed by atoms with van der Waals surface area (Å²) in [6.07, 6.45) is 6.78. The molecule has 2 rings (SSSR count). The van der Waals surface area contributed by atoms with Crippen LogP contribution in [0.3, 0.4) is 0 Å². The van der Waals surface area contributed by atoms with Crippen LogP contribution in [0.25, 0.3) is 0 Å². The molecule has 0 unspecified atom stereocenters. The lowest BCUT2D eigenvalue weighted by Gasteiger charge is -2.17. The number of carbonyl (C=O) groups is 1. The van der Waals surface area contributed by atoms with Gasteiger partial charge < -0.3 is 5.32 Å². The summed E-state index contributed by atoms with van der Waals surface area (Å²) in [7, 11) is 0. The van der Waals surface area contributed by atoms with E-state index < -0.39 is 0 Å². The molecule has 86 valence electrons. The van der Waals surface area contributed by atoms with E-state index in [-0.39, 0.29) is 11.8 Å². The van der Waals surface area contributed by atoms with Gasteiger partial charge in [-0.25, -0.2) is 0 Å². The highest BCUT2D eigenvalue weighted by molar-refractivity contribution is 5.93. The third-order valence-corrected chi connectivity index (χ3v) is 2.95. The summed E-state index contributed by atoms with van der Waals surface area (Å²) in [4.78, 5) is 12.0. The molecular weight excluding hydrogens is 212 g/mol. The van der Waals surface area contributed by atoms with Crippen LogP contribution in [-0.4, -0.2) is 5.91 Å². The first-order valence-corrected chi connectivity index (χ1v) is 5.76. The number of hydrogen-bond donors (Lipinski definition) is 1. The molecule has 1 aromatic rings. The second kappa shape index (κ2) is 5.31. The fourth-order valence-electron chi connectivity index (χ4n) is 1.96. The first-order chi connectivity index (χ1) is 8.31. The second-order valence-corrected chi connectivity index (χ2v) is 4.13. The van der Waals surface area contributed by atoms with Crippen molar-refractivity contribution < 1.29 is 4.79 Å². The van der Waals surface area contributed by atoms with Crippen molar-refractivity contribution in [2.75, 3.05) is 5.32 Å². The van der Waals surface area contributed by atoms with Crippen LogP contribution < -0.4 is 5.32 Å². The smallest absolute Gasteiger partial charge is 0.227 e. The van der Waals surface area contributed by atoms with Crippen LogP contribution in [0.1, 0.15) is 24.8 Å². The number of nitrogens with zero attached hydrogens (tertiary/aromatic N) is 1. The zero-order chi connectivity index (χ0) is 12.1. The summed E-state index contributed by atoms with van der Waals surface area (Å²) >= 11 is 0. The van der Waals surface area contributed by atoms with Crippen molar-refractivity contribution in [1.29, 1.82) is 5.26 Å². The molecule has 1 aromatic carbocycles. The van der Waals surface area contributed by atoms with E-state index in [2.05, 4.69) is 17.5 Å². The first kappa shape index (κ1) is 11.4. The van der Waals surface area contributed by atoms with E-state index >= 15 is 0 Å². The molecule has 1 aliphatic carbocycles. The van der Waals surface area contributed by atoms with Crippen molar-refractivity contribution in [2.24, 2.45) is 5.92 Å². The summed E-state index contributed by atoms with van der Waals surface area (Å²) in [6.45, 7) is 0. The molecule has 0 aromatic heterocycles. The highest BCUT2D eigenvalue weighted by Crippen LogP contribution is 2.21. The summed E-state index contributed by atoms with van der Waals surface area (Å²) in [6, 6.07) is 9.14. The quantitative estimate of drug-likeness (QED) is 0.788. The Labute approximate surface area is 101 Å². The molecule has 1 aliphatic rings. The Hall–Kier alpha value is -2.08. The van der Waals surface area contributed by atoms with Gasteiger partial charge in [0.15, 0.2) is 0 Å². The molecule has 0 fully saturated rings. The van der Waals surface area contributed by atoms with E-state index in [1.165, 1.54) is 0 Å². The SMILES string of the molecule is N#Cc1ccccc1NC(=O)[C@H]1CC=CCC1. The van der Waals surface area contributed by atoms with Crippen molar-refractivity contribution in [3.05, 3.63) is 42.0 Å². The Morgan fingerprint density at radius 2 is 2.18 bits per heavy atom. The van der Waals surface area contributed by atoms with Gasteiger partial charge in [-0.05, 0) is 31.4 Å². The van der Waals surface area contributed by atoms with Crippen LogP contribution >= 0.6 is 0 Å². The maximum Gasteiger partial charge on any atom is 0.227 e. The average molecular weight is 226 g/mol. The van der Waals surface area contributed by atoms with Gasteiger partial charge in [-0.2, -0.15) is 5.26 Å². The highest BCUT2D eigenvalue weighted by Gasteiger charge is 2.19. The van der Waals surface area contributed by atoms with Crippen LogP contribution in [0.5, 0.6) is 0 Å². The molecule has 0 saturated heterocycles. The Kier molecular flexibility index (Phi) is 3.56. The van der Waals surface area contributed by atoms with Gasteiger partial charge in [0.05, 0.1) is 11.3 Å². The minimum atomic E-state index is 0.0112. The number of hydrogen-bond acceptors (Lipinski definition) is 2. The molecule has 0 aliphatic heterocycles. The van der Waals surface area contributed by atoms with Gasteiger partial charge in [0.2, 0.25) is 5.91 Å². The minimum Gasteiger partial charge on any atom is -0.325 e. The van der Waals surface area contributed by atoms with Crippen molar-refractivity contribution in [3.63, 3.8) is 0 Å². The lowest BCUT2D eigenvalue weighted by molar-refractivity contribution is -0.120. The number of rotatable bonds is 2. The molecule has 0 bridgehead atoms. The van der Waals surface area contributed by atoms with Crippen LogP contribution in [0.2, 0.25) is 0 Å². The molecule has 3 heteroatoms. The first-order valence-electron chi connectivity index (χ1n) is 5.76. The molecule has 0 heterocycles. The van der Waals surface area contributed by atoms with E-state index in [0.717, 1.165) is 19.3 Å². The standard InChI is InChI=1S/C14H14N2O/c15-10-12-8-4-5-9-13(12)16-14(17)11-6-2-1-3-7-11/h1-2,4-5,8-9,11H,3,6-7H2,(H,16,17)/t11-/m0/s1. The van der Waals surface area contributed by atoms with Crippen LogP contribution in [0.4, 0.5) is 5.69 Å². The van der Waals surface area contributed by atoms with Gasteiger partial charge >= 0.3 is 0 Å². The molecule has 17 heavy (non-hydrogen) atoms. The number of nitriles is 1. The van der Waals surface area contributed by atoms with Gasteiger partial charge in [0.25, 0.3) is 0 Å². The van der Waals surface area contributed by atoms with E-state index in [1.54, 1.807) is 18.2 Å². The monoisotopic (exact) mass is 226 g/mol.